The monoisotopic (exact) mass is 259 g/mol. The van der Waals surface area contributed by atoms with Crippen LogP contribution in [-0.2, 0) is 18.4 Å². The smallest absolute Gasteiger partial charge is 0.112 e. The normalized spacial score (nSPS) is 15.3. The molecule has 0 bridgehead atoms. The van der Waals surface area contributed by atoms with Gasteiger partial charge in [0.2, 0.25) is 0 Å². The molecule has 1 aromatic heterocycles. The molecule has 4 nitrogen and oxygen atoms in total. The van der Waals surface area contributed by atoms with E-state index < -0.39 is 0 Å². The van der Waals surface area contributed by atoms with Crippen molar-refractivity contribution in [1.29, 1.82) is 0 Å². The molecule has 1 heterocycles. The van der Waals surface area contributed by atoms with E-state index in [4.69, 9.17) is 15.5 Å². The molecular weight excluding hydrogens is 238 g/mol. The lowest BCUT2D eigenvalue weighted by atomic mass is 10.2. The van der Waals surface area contributed by atoms with Crippen LogP contribution >= 0.6 is 0 Å². The van der Waals surface area contributed by atoms with Crippen LogP contribution in [0.1, 0.15) is 36.6 Å². The van der Waals surface area contributed by atoms with Crippen LogP contribution in [0.15, 0.2) is 18.2 Å². The van der Waals surface area contributed by atoms with Crippen LogP contribution in [0.2, 0.25) is 0 Å². The molecule has 1 aromatic carbocycles. The SMILES string of the molecule is Cn1c(C2CC2)nc2cc(COCCCN)ccc21. The highest BCUT2D eigenvalue weighted by Gasteiger charge is 2.28. The first-order valence-electron chi connectivity index (χ1n) is 7.02. The largest absolute Gasteiger partial charge is 0.377 e. The molecule has 0 spiro atoms. The van der Waals surface area contributed by atoms with E-state index in [1.807, 2.05) is 0 Å². The lowest BCUT2D eigenvalue weighted by Gasteiger charge is -2.04. The van der Waals surface area contributed by atoms with Crippen LogP contribution in [0.25, 0.3) is 11.0 Å². The Balaban J connectivity index is 1.76. The molecule has 0 atom stereocenters. The van der Waals surface area contributed by atoms with Crippen LogP contribution in [0.4, 0.5) is 0 Å². The Morgan fingerprint density at radius 2 is 2.26 bits per heavy atom. The number of imidazole rings is 1. The van der Waals surface area contributed by atoms with Crippen LogP contribution in [-0.4, -0.2) is 22.7 Å². The first kappa shape index (κ1) is 12.6. The lowest BCUT2D eigenvalue weighted by molar-refractivity contribution is 0.120. The average molecular weight is 259 g/mol. The number of hydrogen-bond donors (Lipinski definition) is 1. The fraction of sp³-hybridized carbons (Fsp3) is 0.533. The Kier molecular flexibility index (Phi) is 3.53. The molecule has 102 valence electrons. The quantitative estimate of drug-likeness (QED) is 0.810. The second kappa shape index (κ2) is 5.31. The zero-order chi connectivity index (χ0) is 13.2. The molecule has 0 aliphatic heterocycles. The van der Waals surface area contributed by atoms with Gasteiger partial charge in [-0.1, -0.05) is 6.07 Å². The molecule has 4 heteroatoms. The third-order valence-corrected chi connectivity index (χ3v) is 3.68. The summed E-state index contributed by atoms with van der Waals surface area (Å²) >= 11 is 0. The molecule has 1 aliphatic carbocycles. The van der Waals surface area contributed by atoms with Crippen molar-refractivity contribution in [3.8, 4) is 0 Å². The summed E-state index contributed by atoms with van der Waals surface area (Å²) in [5.41, 5.74) is 8.93. The first-order chi connectivity index (χ1) is 9.29. The summed E-state index contributed by atoms with van der Waals surface area (Å²) in [6.45, 7) is 2.05. The Bertz CT molecular complexity index is 572. The number of nitrogens with two attached hydrogens (primary N) is 1. The van der Waals surface area contributed by atoms with Crippen molar-refractivity contribution < 1.29 is 4.74 Å². The molecule has 1 saturated carbocycles. The van der Waals surface area contributed by atoms with Crippen molar-refractivity contribution in [3.05, 3.63) is 29.6 Å². The van der Waals surface area contributed by atoms with Crippen molar-refractivity contribution in [2.45, 2.75) is 31.8 Å². The van der Waals surface area contributed by atoms with Crippen LogP contribution in [0.3, 0.4) is 0 Å². The zero-order valence-corrected chi connectivity index (χ0v) is 11.4. The number of fused-ring (bicyclic) bond motifs is 1. The highest BCUT2D eigenvalue weighted by atomic mass is 16.5. The number of nitrogens with zero attached hydrogens (tertiary/aromatic N) is 2. The molecule has 0 saturated heterocycles. The van der Waals surface area contributed by atoms with Gasteiger partial charge in [0.1, 0.15) is 5.82 Å². The maximum atomic E-state index is 5.59. The van der Waals surface area contributed by atoms with E-state index in [-0.39, 0.29) is 0 Å². The topological polar surface area (TPSA) is 53.1 Å². The zero-order valence-electron chi connectivity index (χ0n) is 11.4. The highest BCUT2D eigenvalue weighted by molar-refractivity contribution is 5.77. The maximum Gasteiger partial charge on any atom is 0.112 e. The molecule has 3 rings (SSSR count). The summed E-state index contributed by atoms with van der Waals surface area (Å²) in [6.07, 6.45) is 3.48. The van der Waals surface area contributed by atoms with Crippen molar-refractivity contribution in [2.75, 3.05) is 13.2 Å². The molecule has 1 fully saturated rings. The number of aromatic nitrogens is 2. The van der Waals surface area contributed by atoms with Gasteiger partial charge in [-0.15, -0.1) is 0 Å². The van der Waals surface area contributed by atoms with Gasteiger partial charge in [-0.2, -0.15) is 0 Å². The lowest BCUT2D eigenvalue weighted by Crippen LogP contribution is -2.04. The van der Waals surface area contributed by atoms with E-state index in [0.717, 1.165) is 18.5 Å². The highest BCUT2D eigenvalue weighted by Crippen LogP contribution is 2.40. The number of hydrogen-bond acceptors (Lipinski definition) is 3. The van der Waals surface area contributed by atoms with Crippen molar-refractivity contribution in [3.63, 3.8) is 0 Å². The Morgan fingerprint density at radius 3 is 3.00 bits per heavy atom. The standard InChI is InChI=1S/C15H21N3O/c1-18-14-6-3-11(10-19-8-2-7-16)9-13(14)17-15(18)12-4-5-12/h3,6,9,12H,2,4-5,7-8,10,16H2,1H3. The van der Waals surface area contributed by atoms with E-state index >= 15 is 0 Å². The van der Waals surface area contributed by atoms with Crippen molar-refractivity contribution in [2.24, 2.45) is 12.8 Å². The van der Waals surface area contributed by atoms with E-state index in [9.17, 15) is 0 Å². The second-order valence-electron chi connectivity index (χ2n) is 5.32. The maximum absolute atomic E-state index is 5.59. The van der Waals surface area contributed by atoms with E-state index in [2.05, 4.69) is 29.8 Å². The van der Waals surface area contributed by atoms with Gasteiger partial charge in [0.25, 0.3) is 0 Å². The van der Waals surface area contributed by atoms with Crippen LogP contribution in [0, 0.1) is 0 Å². The number of aryl methyl sites for hydroxylation is 1. The van der Waals surface area contributed by atoms with Gasteiger partial charge in [0.05, 0.1) is 17.6 Å². The fourth-order valence-electron chi connectivity index (χ4n) is 2.44. The van der Waals surface area contributed by atoms with Crippen molar-refractivity contribution in [1.82, 2.24) is 9.55 Å². The van der Waals surface area contributed by atoms with E-state index in [1.54, 1.807) is 0 Å². The number of ether oxygens (including phenoxy) is 1. The Hall–Kier alpha value is -1.39. The summed E-state index contributed by atoms with van der Waals surface area (Å²) in [5.74, 6) is 1.91. The van der Waals surface area contributed by atoms with E-state index in [1.165, 1.54) is 29.7 Å². The number of rotatable bonds is 6. The van der Waals surface area contributed by atoms with Gasteiger partial charge >= 0.3 is 0 Å². The second-order valence-corrected chi connectivity index (χ2v) is 5.32. The summed E-state index contributed by atoms with van der Waals surface area (Å²) in [4.78, 5) is 4.77. The minimum absolute atomic E-state index is 0.644. The fourth-order valence-corrected chi connectivity index (χ4v) is 2.44. The van der Waals surface area contributed by atoms with Gasteiger partial charge in [0.15, 0.2) is 0 Å². The molecule has 0 unspecified atom stereocenters. The summed E-state index contributed by atoms with van der Waals surface area (Å²) in [5, 5.41) is 0. The molecule has 1 aliphatic rings. The molecule has 2 N–H and O–H groups in total. The minimum Gasteiger partial charge on any atom is -0.377 e. The first-order valence-corrected chi connectivity index (χ1v) is 7.02. The third-order valence-electron chi connectivity index (χ3n) is 3.68. The van der Waals surface area contributed by atoms with E-state index in [0.29, 0.717) is 19.1 Å². The van der Waals surface area contributed by atoms with Gasteiger partial charge < -0.3 is 15.0 Å². The summed E-state index contributed by atoms with van der Waals surface area (Å²) < 4.78 is 7.82. The van der Waals surface area contributed by atoms with Crippen LogP contribution < -0.4 is 5.73 Å². The Morgan fingerprint density at radius 1 is 1.42 bits per heavy atom. The summed E-state index contributed by atoms with van der Waals surface area (Å²) in [6, 6.07) is 6.42. The molecule has 0 amide bonds. The predicted molar refractivity (Wildman–Crippen MR) is 76.0 cm³/mol. The third kappa shape index (κ3) is 2.65. The van der Waals surface area contributed by atoms with Gasteiger partial charge in [-0.25, -0.2) is 4.98 Å². The van der Waals surface area contributed by atoms with Crippen LogP contribution in [0.5, 0.6) is 0 Å². The average Bonchev–Trinajstić information content (AvgIpc) is 3.21. The molecule has 19 heavy (non-hydrogen) atoms. The predicted octanol–water partition coefficient (Wildman–Crippen LogP) is 2.32. The molecule has 0 radical (unpaired) electrons. The number of benzene rings is 1. The molecular formula is C15H21N3O. The van der Waals surface area contributed by atoms with Gasteiger partial charge in [-0.05, 0) is 43.5 Å². The minimum atomic E-state index is 0.644. The van der Waals surface area contributed by atoms with Crippen molar-refractivity contribution >= 4 is 11.0 Å². The van der Waals surface area contributed by atoms with Gasteiger partial charge in [-0.3, -0.25) is 0 Å². The summed E-state index contributed by atoms with van der Waals surface area (Å²) in [7, 11) is 2.11. The Labute approximate surface area is 113 Å². The van der Waals surface area contributed by atoms with Gasteiger partial charge in [0, 0.05) is 19.6 Å². The molecule has 2 aromatic rings.